The predicted molar refractivity (Wildman–Crippen MR) is 72.5 cm³/mol. The highest BCUT2D eigenvalue weighted by Gasteiger charge is 2.55. The lowest BCUT2D eigenvalue weighted by Crippen LogP contribution is -2.54. The maximum Gasteiger partial charge on any atom is 0.781 e. The van der Waals surface area contributed by atoms with E-state index < -0.39 is 9.05 Å². The molecule has 0 bridgehead atoms. The minimum absolute atomic E-state index is 0.0903. The molecule has 9 heteroatoms. The Kier molecular flexibility index (Phi) is 11.5. The molecule has 20 heavy (non-hydrogen) atoms. The Morgan fingerprint density at radius 1 is 0.800 bits per heavy atom. The number of hydrogen-bond acceptors (Lipinski definition) is 8. The largest absolute Gasteiger partial charge is 0.781 e. The maximum atomic E-state index is 5.69. The topological polar surface area (TPSA) is 67.9 Å². The van der Waals surface area contributed by atoms with Crippen LogP contribution in [0.2, 0.25) is 0 Å². The van der Waals surface area contributed by atoms with Crippen LogP contribution < -0.4 is 0 Å². The third-order valence-corrected chi connectivity index (χ3v) is 3.38. The molecule has 0 aromatic rings. The zero-order valence-electron chi connectivity index (χ0n) is 13.2. The first-order valence-corrected chi connectivity index (χ1v) is 8.56. The molecule has 0 aliphatic rings. The molecule has 0 aliphatic carbocycles. The minimum Gasteiger partial charge on any atom is -0.258 e. The van der Waals surface area contributed by atoms with Crippen LogP contribution in [0, 0.1) is 0 Å². The third kappa shape index (κ3) is 7.62. The summed E-state index contributed by atoms with van der Waals surface area (Å²) in [5.74, 6) is 0. The van der Waals surface area contributed by atoms with Gasteiger partial charge in [0.1, 0.15) is 0 Å². The molecule has 0 aromatic carbocycles. The van der Waals surface area contributed by atoms with Gasteiger partial charge in [-0.2, -0.15) is 18.8 Å². The van der Waals surface area contributed by atoms with Crippen molar-refractivity contribution in [1.29, 1.82) is 0 Å². The van der Waals surface area contributed by atoms with Gasteiger partial charge in [0.05, 0.1) is 19.8 Å². The van der Waals surface area contributed by atoms with Crippen molar-refractivity contribution < 1.29 is 32.9 Å². The van der Waals surface area contributed by atoms with Crippen LogP contribution >= 0.6 is 0 Å². The molecule has 0 rings (SSSR count). The molecule has 0 atom stereocenters. The first kappa shape index (κ1) is 19.9. The van der Waals surface area contributed by atoms with Crippen molar-refractivity contribution in [2.45, 2.75) is 47.6 Å². The predicted octanol–water partition coefficient (Wildman–Crippen LogP) is 1.99. The van der Waals surface area contributed by atoms with Crippen molar-refractivity contribution in [1.82, 2.24) is 5.06 Å². The number of hydrogen-bond donors (Lipinski definition) is 0. The van der Waals surface area contributed by atoms with E-state index in [1.807, 2.05) is 20.8 Å². The Labute approximate surface area is 122 Å². The van der Waals surface area contributed by atoms with Gasteiger partial charge in [-0.3, -0.25) is 4.53 Å². The van der Waals surface area contributed by atoms with Gasteiger partial charge in [0.15, 0.2) is 0 Å². The standard InChI is InChI=1S/C11H27NO7Si/c1-7-12(11(5)6)16-20(17-13-8-2,18-14-9-3)19-15-10-4/h11H,7-10H2,1-6H3. The summed E-state index contributed by atoms with van der Waals surface area (Å²) in [6.07, 6.45) is 0. The lowest BCUT2D eigenvalue weighted by molar-refractivity contribution is -0.404. The Hall–Kier alpha value is -0.103. The first-order valence-electron chi connectivity index (χ1n) is 6.92. The zero-order chi connectivity index (χ0) is 15.4. The molecule has 0 radical (unpaired) electrons. The van der Waals surface area contributed by atoms with Crippen LogP contribution in [0.1, 0.15) is 41.5 Å². The van der Waals surface area contributed by atoms with Crippen molar-refractivity contribution >= 4 is 9.05 Å². The Morgan fingerprint density at radius 3 is 1.45 bits per heavy atom. The van der Waals surface area contributed by atoms with Gasteiger partial charge in [-0.05, 0) is 34.6 Å². The van der Waals surface area contributed by atoms with Gasteiger partial charge in [-0.25, -0.2) is 14.7 Å². The Balaban J connectivity index is 4.90. The van der Waals surface area contributed by atoms with Crippen LogP contribution in [-0.2, 0) is 32.9 Å². The number of hydroxylamine groups is 2. The molecular weight excluding hydrogens is 286 g/mol. The van der Waals surface area contributed by atoms with Crippen molar-refractivity contribution in [3.8, 4) is 0 Å². The lowest BCUT2D eigenvalue weighted by Gasteiger charge is -2.31. The highest BCUT2D eigenvalue weighted by molar-refractivity contribution is 6.52. The second-order valence-corrected chi connectivity index (χ2v) is 5.57. The SMILES string of the molecule is CCOO[Si](OOCC)(OOCC)ON(CC)C(C)C. The molecule has 0 fully saturated rings. The van der Waals surface area contributed by atoms with Crippen LogP contribution in [0.4, 0.5) is 0 Å². The van der Waals surface area contributed by atoms with E-state index in [0.29, 0.717) is 26.4 Å². The van der Waals surface area contributed by atoms with Crippen LogP contribution in [0.15, 0.2) is 0 Å². The summed E-state index contributed by atoms with van der Waals surface area (Å²) in [6.45, 7) is 12.7. The van der Waals surface area contributed by atoms with Gasteiger partial charge in [0, 0.05) is 12.6 Å². The van der Waals surface area contributed by atoms with Crippen LogP contribution in [0.5, 0.6) is 0 Å². The smallest absolute Gasteiger partial charge is 0.258 e. The second kappa shape index (κ2) is 11.5. The summed E-state index contributed by atoms with van der Waals surface area (Å²) < 4.78 is 21.1. The van der Waals surface area contributed by atoms with Crippen molar-refractivity contribution in [3.63, 3.8) is 0 Å². The van der Waals surface area contributed by atoms with E-state index in [-0.39, 0.29) is 6.04 Å². The van der Waals surface area contributed by atoms with E-state index in [1.165, 1.54) is 0 Å². The fourth-order valence-corrected chi connectivity index (χ4v) is 2.75. The number of rotatable bonds is 13. The van der Waals surface area contributed by atoms with Gasteiger partial charge in [-0.1, -0.05) is 6.92 Å². The van der Waals surface area contributed by atoms with Gasteiger partial charge >= 0.3 is 9.05 Å². The highest BCUT2D eigenvalue weighted by Crippen LogP contribution is 2.17. The molecule has 0 N–H and O–H groups in total. The van der Waals surface area contributed by atoms with E-state index in [2.05, 4.69) is 0 Å². The quantitative estimate of drug-likeness (QED) is 0.290. The molecule has 0 spiro atoms. The molecule has 0 heterocycles. The molecule has 122 valence electrons. The zero-order valence-corrected chi connectivity index (χ0v) is 14.2. The normalized spacial score (nSPS) is 12.6. The molecule has 0 aliphatic heterocycles. The van der Waals surface area contributed by atoms with Gasteiger partial charge in [0.2, 0.25) is 0 Å². The maximum absolute atomic E-state index is 5.69. The molecule has 0 aromatic heterocycles. The molecule has 8 nitrogen and oxygen atoms in total. The first-order chi connectivity index (χ1) is 9.55. The summed E-state index contributed by atoms with van der Waals surface area (Å²) in [5.41, 5.74) is 0. The molecular formula is C11H27NO7Si. The van der Waals surface area contributed by atoms with E-state index in [0.717, 1.165) is 0 Å². The Bertz CT molecular complexity index is 211. The molecule has 0 saturated carbocycles. The van der Waals surface area contributed by atoms with Crippen LogP contribution in [0.3, 0.4) is 0 Å². The van der Waals surface area contributed by atoms with Crippen LogP contribution in [-0.4, -0.2) is 46.5 Å². The minimum atomic E-state index is -3.75. The van der Waals surface area contributed by atoms with E-state index in [9.17, 15) is 0 Å². The molecule has 0 amide bonds. The highest BCUT2D eigenvalue weighted by atomic mass is 28.4. The second-order valence-electron chi connectivity index (χ2n) is 3.89. The summed E-state index contributed by atoms with van der Waals surface area (Å²) in [6, 6.07) is 0.0903. The summed E-state index contributed by atoms with van der Waals surface area (Å²) in [4.78, 5) is 14.8. The lowest BCUT2D eigenvalue weighted by atomic mass is 10.4. The van der Waals surface area contributed by atoms with E-state index >= 15 is 0 Å². The summed E-state index contributed by atoms with van der Waals surface area (Å²) >= 11 is 0. The summed E-state index contributed by atoms with van der Waals surface area (Å²) in [5, 5.41) is 1.64. The van der Waals surface area contributed by atoms with Crippen LogP contribution in [0.25, 0.3) is 0 Å². The fraction of sp³-hybridized carbons (Fsp3) is 1.00. The van der Waals surface area contributed by atoms with Crippen molar-refractivity contribution in [2.24, 2.45) is 0 Å². The van der Waals surface area contributed by atoms with Gasteiger partial charge < -0.3 is 0 Å². The molecule has 0 unspecified atom stereocenters. The van der Waals surface area contributed by atoms with Crippen molar-refractivity contribution in [3.05, 3.63) is 0 Å². The van der Waals surface area contributed by atoms with Gasteiger partial charge in [-0.15, -0.1) is 0 Å². The summed E-state index contributed by atoms with van der Waals surface area (Å²) in [7, 11) is -3.75. The number of nitrogens with zero attached hydrogens (tertiary/aromatic N) is 1. The van der Waals surface area contributed by atoms with Gasteiger partial charge in [0.25, 0.3) is 0 Å². The third-order valence-electron chi connectivity index (χ3n) is 1.95. The average molecular weight is 313 g/mol. The average Bonchev–Trinajstić information content (AvgIpc) is 2.45. The van der Waals surface area contributed by atoms with E-state index in [4.69, 9.17) is 32.9 Å². The fourth-order valence-electron chi connectivity index (χ4n) is 1.16. The monoisotopic (exact) mass is 313 g/mol. The Morgan fingerprint density at radius 2 is 1.20 bits per heavy atom. The van der Waals surface area contributed by atoms with E-state index in [1.54, 1.807) is 25.8 Å². The van der Waals surface area contributed by atoms with Crippen molar-refractivity contribution in [2.75, 3.05) is 26.4 Å². The molecule has 0 saturated heterocycles.